The van der Waals surface area contributed by atoms with E-state index < -0.39 is 16.1 Å². The molecule has 0 saturated heterocycles. The highest BCUT2D eigenvalue weighted by Gasteiger charge is 2.31. The minimum atomic E-state index is -3.43. The number of sulfonamides is 1. The van der Waals surface area contributed by atoms with Gasteiger partial charge in [0.25, 0.3) is 0 Å². The molecule has 0 aromatic heterocycles. The summed E-state index contributed by atoms with van der Waals surface area (Å²) in [6.07, 6.45) is 0.679. The highest BCUT2D eigenvalue weighted by Crippen LogP contribution is 2.50. The van der Waals surface area contributed by atoms with Gasteiger partial charge in [0.2, 0.25) is 10.0 Å². The van der Waals surface area contributed by atoms with Crippen molar-refractivity contribution in [3.63, 3.8) is 0 Å². The van der Waals surface area contributed by atoms with Crippen LogP contribution in [0, 0.1) is 0 Å². The summed E-state index contributed by atoms with van der Waals surface area (Å²) >= 11 is 0. The average molecular weight is 483 g/mol. The Hall–Kier alpha value is -3.39. The maximum absolute atomic E-state index is 11.9. The van der Waals surface area contributed by atoms with Crippen LogP contribution in [0.1, 0.15) is 31.1 Å². The van der Waals surface area contributed by atoms with Crippen LogP contribution >= 0.6 is 0 Å². The Morgan fingerprint density at radius 3 is 2.35 bits per heavy atom. The third-order valence-electron chi connectivity index (χ3n) is 5.97. The van der Waals surface area contributed by atoms with E-state index in [0.717, 1.165) is 53.0 Å². The van der Waals surface area contributed by atoms with Crippen LogP contribution in [-0.2, 0) is 10.0 Å². The lowest BCUT2D eigenvalue weighted by Gasteiger charge is -2.33. The average Bonchev–Trinajstić information content (AvgIpc) is 2.82. The number of anilines is 2. The van der Waals surface area contributed by atoms with Crippen LogP contribution in [0.5, 0.6) is 17.2 Å². The van der Waals surface area contributed by atoms with Gasteiger partial charge in [-0.25, -0.2) is 8.42 Å². The first-order chi connectivity index (χ1) is 16.3. The second kappa shape index (κ2) is 9.46. The monoisotopic (exact) mass is 482 g/mol. The Morgan fingerprint density at radius 1 is 0.971 bits per heavy atom. The molecule has 3 aromatic carbocycles. The van der Waals surface area contributed by atoms with Gasteiger partial charge >= 0.3 is 0 Å². The molecule has 4 rings (SSSR count). The number of methoxy groups -OCH3 is 2. The topological polar surface area (TPSA) is 77.1 Å². The van der Waals surface area contributed by atoms with Crippen molar-refractivity contribution < 1.29 is 22.6 Å². The van der Waals surface area contributed by atoms with Gasteiger partial charge in [-0.15, -0.1) is 0 Å². The van der Waals surface area contributed by atoms with E-state index in [0.29, 0.717) is 17.2 Å². The van der Waals surface area contributed by atoms with E-state index in [4.69, 9.17) is 14.2 Å². The summed E-state index contributed by atoms with van der Waals surface area (Å²) in [5.41, 5.74) is 5.31. The SMILES string of the molecule is CCN(CC)c1cccc2c1-c1ccc(NS(C)(=O)=O)cc1C(c1ccc(OC)c(OC)c1)O2. The summed E-state index contributed by atoms with van der Waals surface area (Å²) in [6, 6.07) is 17.3. The number of ether oxygens (including phenoxy) is 3. The van der Waals surface area contributed by atoms with E-state index >= 15 is 0 Å². The molecule has 1 aliphatic rings. The fraction of sp³-hybridized carbons (Fsp3) is 0.308. The number of nitrogens with zero attached hydrogens (tertiary/aromatic N) is 1. The van der Waals surface area contributed by atoms with Gasteiger partial charge in [-0.05, 0) is 55.8 Å². The van der Waals surface area contributed by atoms with E-state index in [1.165, 1.54) is 0 Å². The van der Waals surface area contributed by atoms with Crippen molar-refractivity contribution >= 4 is 21.4 Å². The van der Waals surface area contributed by atoms with Gasteiger partial charge in [0.05, 0.1) is 20.5 Å². The Balaban J connectivity index is 1.93. The zero-order chi connectivity index (χ0) is 24.5. The van der Waals surface area contributed by atoms with Gasteiger partial charge in [-0.3, -0.25) is 4.72 Å². The van der Waals surface area contributed by atoms with Crippen LogP contribution in [0.2, 0.25) is 0 Å². The fourth-order valence-electron chi connectivity index (χ4n) is 4.46. The Labute approximate surface area is 201 Å². The molecule has 1 heterocycles. The standard InChI is InChI=1S/C26H30N2O5S/c1-6-28(7-2)21-9-8-10-23-25(21)19-13-12-18(27-34(5,29)30)16-20(19)26(33-23)17-11-14-22(31-3)24(15-17)32-4/h8-16,26-27H,6-7H2,1-5H3. The second-order valence-electron chi connectivity index (χ2n) is 8.11. The van der Waals surface area contributed by atoms with Gasteiger partial charge < -0.3 is 19.1 Å². The summed E-state index contributed by atoms with van der Waals surface area (Å²) in [7, 11) is -0.241. The van der Waals surface area contributed by atoms with Crippen LogP contribution in [0.25, 0.3) is 11.1 Å². The normalized spacial score (nSPS) is 14.4. The maximum Gasteiger partial charge on any atom is 0.229 e. The smallest absolute Gasteiger partial charge is 0.229 e. The lowest BCUT2D eigenvalue weighted by molar-refractivity contribution is 0.242. The van der Waals surface area contributed by atoms with Gasteiger partial charge in [-0.2, -0.15) is 0 Å². The highest BCUT2D eigenvalue weighted by molar-refractivity contribution is 7.92. The molecule has 0 radical (unpaired) electrons. The lowest BCUT2D eigenvalue weighted by atomic mass is 9.88. The van der Waals surface area contributed by atoms with Gasteiger partial charge in [0, 0.05) is 41.2 Å². The maximum atomic E-state index is 11.9. The van der Waals surface area contributed by atoms with Crippen molar-refractivity contribution in [1.29, 1.82) is 0 Å². The van der Waals surface area contributed by atoms with Crippen molar-refractivity contribution in [2.24, 2.45) is 0 Å². The van der Waals surface area contributed by atoms with E-state index in [1.807, 2.05) is 42.5 Å². The molecule has 0 amide bonds. The van der Waals surface area contributed by atoms with Gasteiger partial charge in [0.1, 0.15) is 11.9 Å². The molecule has 1 N–H and O–H groups in total. The van der Waals surface area contributed by atoms with Crippen LogP contribution in [0.3, 0.4) is 0 Å². The molecule has 0 spiro atoms. The number of fused-ring (bicyclic) bond motifs is 3. The number of benzene rings is 3. The quantitative estimate of drug-likeness (QED) is 0.483. The second-order valence-corrected chi connectivity index (χ2v) is 9.86. The van der Waals surface area contributed by atoms with Crippen molar-refractivity contribution in [2.75, 3.05) is 43.2 Å². The zero-order valence-electron chi connectivity index (χ0n) is 20.1. The summed E-state index contributed by atoms with van der Waals surface area (Å²) in [5, 5.41) is 0. The van der Waals surface area contributed by atoms with E-state index in [9.17, 15) is 8.42 Å². The Kier molecular flexibility index (Phi) is 6.61. The van der Waals surface area contributed by atoms with Gasteiger partial charge in [0.15, 0.2) is 11.5 Å². The van der Waals surface area contributed by atoms with Crippen LogP contribution < -0.4 is 23.8 Å². The number of rotatable bonds is 8. The van der Waals surface area contributed by atoms with Crippen molar-refractivity contribution in [1.82, 2.24) is 0 Å². The molecule has 0 aliphatic carbocycles. The molecule has 7 nitrogen and oxygen atoms in total. The minimum absolute atomic E-state index is 0.462. The third kappa shape index (κ3) is 4.50. The molecule has 0 bridgehead atoms. The van der Waals surface area contributed by atoms with E-state index in [2.05, 4.69) is 29.5 Å². The van der Waals surface area contributed by atoms with Crippen LogP contribution in [0.15, 0.2) is 54.6 Å². The number of hydrogen-bond acceptors (Lipinski definition) is 6. The Morgan fingerprint density at radius 2 is 1.71 bits per heavy atom. The van der Waals surface area contributed by atoms with Crippen molar-refractivity contribution in [3.05, 3.63) is 65.7 Å². The zero-order valence-corrected chi connectivity index (χ0v) is 20.9. The lowest BCUT2D eigenvalue weighted by Crippen LogP contribution is -2.24. The van der Waals surface area contributed by atoms with Crippen LogP contribution in [0.4, 0.5) is 11.4 Å². The van der Waals surface area contributed by atoms with E-state index in [-0.39, 0.29) is 0 Å². The number of nitrogens with one attached hydrogen (secondary N) is 1. The first kappa shape index (κ1) is 23.8. The van der Waals surface area contributed by atoms with Crippen molar-refractivity contribution in [2.45, 2.75) is 20.0 Å². The summed E-state index contributed by atoms with van der Waals surface area (Å²) in [5.74, 6) is 2.00. The highest BCUT2D eigenvalue weighted by atomic mass is 32.2. The Bertz CT molecular complexity index is 1300. The predicted molar refractivity (Wildman–Crippen MR) is 136 cm³/mol. The summed E-state index contributed by atoms with van der Waals surface area (Å²) in [6.45, 7) is 5.96. The molecular formula is C26H30N2O5S. The molecule has 3 aromatic rings. The van der Waals surface area contributed by atoms with Gasteiger partial charge in [-0.1, -0.05) is 18.2 Å². The molecule has 1 aliphatic heterocycles. The first-order valence-corrected chi connectivity index (χ1v) is 13.1. The van der Waals surface area contributed by atoms with E-state index in [1.54, 1.807) is 20.3 Å². The largest absolute Gasteiger partial charge is 0.493 e. The minimum Gasteiger partial charge on any atom is -0.493 e. The third-order valence-corrected chi connectivity index (χ3v) is 6.58. The molecular weight excluding hydrogens is 452 g/mol. The van der Waals surface area contributed by atoms with Crippen LogP contribution in [-0.4, -0.2) is 42.0 Å². The summed E-state index contributed by atoms with van der Waals surface area (Å²) < 4.78 is 43.9. The summed E-state index contributed by atoms with van der Waals surface area (Å²) in [4.78, 5) is 2.28. The number of hydrogen-bond donors (Lipinski definition) is 1. The molecule has 8 heteroatoms. The molecule has 34 heavy (non-hydrogen) atoms. The van der Waals surface area contributed by atoms with Crippen molar-refractivity contribution in [3.8, 4) is 28.4 Å². The molecule has 1 atom stereocenters. The molecule has 0 saturated carbocycles. The molecule has 180 valence electrons. The fourth-order valence-corrected chi connectivity index (χ4v) is 5.01. The molecule has 0 fully saturated rings. The first-order valence-electron chi connectivity index (χ1n) is 11.2. The predicted octanol–water partition coefficient (Wildman–Crippen LogP) is 5.07. The molecule has 1 unspecified atom stereocenters.